The molecular formula is C27H40F2O4. The summed E-state index contributed by atoms with van der Waals surface area (Å²) < 4.78 is 38.0. The van der Waals surface area contributed by atoms with Crippen LogP contribution in [0.15, 0.2) is 23.8 Å². The summed E-state index contributed by atoms with van der Waals surface area (Å²) in [5.41, 5.74) is -5.44. The predicted molar refractivity (Wildman–Crippen MR) is 123 cm³/mol. The van der Waals surface area contributed by atoms with Gasteiger partial charge in [0.25, 0.3) is 0 Å². The first kappa shape index (κ1) is 24.8. The number of rotatable bonds is 3. The molecule has 4 rings (SSSR count). The molecule has 4 aliphatic carbocycles. The molecule has 0 amide bonds. The van der Waals surface area contributed by atoms with Gasteiger partial charge in [0.2, 0.25) is 0 Å². The fourth-order valence-electron chi connectivity index (χ4n) is 7.82. The molecular weight excluding hydrogens is 426 g/mol. The van der Waals surface area contributed by atoms with Gasteiger partial charge in [-0.15, -0.1) is 0 Å². The van der Waals surface area contributed by atoms with Crippen molar-refractivity contribution in [3.63, 3.8) is 0 Å². The minimum Gasteiger partial charge on any atom is -0.465 e. The maximum Gasteiger partial charge on any atom is 0.311 e. The molecule has 0 unspecified atom stereocenters. The Morgan fingerprint density at radius 3 is 2.55 bits per heavy atom. The second-order valence-electron chi connectivity index (χ2n) is 12.5. The van der Waals surface area contributed by atoms with Gasteiger partial charge in [-0.05, 0) is 70.8 Å². The fraction of sp³-hybridized carbons (Fsp3) is 0.815. The Hall–Kier alpha value is -1.27. The van der Waals surface area contributed by atoms with Crippen LogP contribution in [0.1, 0.15) is 73.6 Å². The van der Waals surface area contributed by atoms with Crippen LogP contribution in [-0.2, 0) is 9.53 Å². The lowest BCUT2D eigenvalue weighted by atomic mass is 9.44. The summed E-state index contributed by atoms with van der Waals surface area (Å²) in [7, 11) is 0. The van der Waals surface area contributed by atoms with E-state index in [4.69, 9.17) is 4.74 Å². The molecule has 0 aromatic heterocycles. The van der Waals surface area contributed by atoms with Crippen molar-refractivity contribution < 1.29 is 28.5 Å². The number of halogens is 2. The number of fused-ring (bicyclic) bond motifs is 5. The van der Waals surface area contributed by atoms with E-state index < -0.39 is 45.7 Å². The lowest BCUT2D eigenvalue weighted by Crippen LogP contribution is -2.69. The minimum atomic E-state index is -1.99. The van der Waals surface area contributed by atoms with E-state index in [1.54, 1.807) is 39.8 Å². The molecule has 0 bridgehead atoms. The molecule has 0 aromatic carbocycles. The quantitative estimate of drug-likeness (QED) is 0.450. The molecule has 6 heteroatoms. The maximum absolute atomic E-state index is 17.1. The Labute approximate surface area is 196 Å². The third-order valence-electron chi connectivity index (χ3n) is 9.81. The van der Waals surface area contributed by atoms with Crippen molar-refractivity contribution in [1.82, 2.24) is 0 Å². The van der Waals surface area contributed by atoms with Crippen LogP contribution in [0.3, 0.4) is 0 Å². The largest absolute Gasteiger partial charge is 0.465 e. The Balaban J connectivity index is 1.66. The lowest BCUT2D eigenvalue weighted by Gasteiger charge is -2.63. The third kappa shape index (κ3) is 3.22. The zero-order chi connectivity index (χ0) is 24.6. The molecule has 3 saturated carbocycles. The molecule has 4 aliphatic rings. The number of carbonyl (C=O) groups is 1. The molecule has 186 valence electrons. The van der Waals surface area contributed by atoms with Crippen molar-refractivity contribution in [1.29, 1.82) is 0 Å². The van der Waals surface area contributed by atoms with Gasteiger partial charge in [0.1, 0.15) is 6.17 Å². The first-order valence-corrected chi connectivity index (χ1v) is 12.4. The van der Waals surface area contributed by atoms with Gasteiger partial charge >= 0.3 is 5.97 Å². The first-order chi connectivity index (χ1) is 15.1. The summed E-state index contributed by atoms with van der Waals surface area (Å²) in [6.07, 6.45) is 4.24. The molecule has 33 heavy (non-hydrogen) atoms. The van der Waals surface area contributed by atoms with Crippen LogP contribution in [0, 0.1) is 34.0 Å². The van der Waals surface area contributed by atoms with E-state index in [2.05, 4.69) is 0 Å². The van der Waals surface area contributed by atoms with E-state index in [9.17, 15) is 15.0 Å². The lowest BCUT2D eigenvalue weighted by molar-refractivity contribution is -0.227. The number of allylic oxidation sites excluding steroid dienone is 4. The van der Waals surface area contributed by atoms with Gasteiger partial charge in [-0.1, -0.05) is 32.1 Å². The number of alkyl halides is 2. The summed E-state index contributed by atoms with van der Waals surface area (Å²) >= 11 is 0. The van der Waals surface area contributed by atoms with E-state index in [0.29, 0.717) is 18.4 Å². The molecule has 0 radical (unpaired) electrons. The van der Waals surface area contributed by atoms with Crippen LogP contribution in [0.4, 0.5) is 8.78 Å². The molecule has 0 heterocycles. The van der Waals surface area contributed by atoms with Crippen LogP contribution in [0.25, 0.3) is 0 Å². The summed E-state index contributed by atoms with van der Waals surface area (Å²) in [5, 5.41) is 23.3. The molecule has 0 aliphatic heterocycles. The highest BCUT2D eigenvalue weighted by molar-refractivity contribution is 5.75. The second kappa shape index (κ2) is 7.61. The Kier molecular flexibility index (Phi) is 5.73. The molecule has 2 N–H and O–H groups in total. The third-order valence-corrected chi connectivity index (χ3v) is 9.81. The number of esters is 1. The van der Waals surface area contributed by atoms with E-state index in [1.165, 1.54) is 0 Å². The number of hydrogen-bond donors (Lipinski definition) is 2. The van der Waals surface area contributed by atoms with E-state index in [0.717, 1.165) is 0 Å². The van der Waals surface area contributed by atoms with Crippen molar-refractivity contribution >= 4 is 5.97 Å². The summed E-state index contributed by atoms with van der Waals surface area (Å²) in [5.74, 6) is -1.52. The SMILES string of the molecule is C[C@@H]1C[C@H]2[C@@H]3C[C@H](F)C4=CCC=C[C@]4(C)[C@@]3(F)[C@@H](O)C[C@]2(C)[C@@]1(O)CCOC(=O)C(C)(C)C. The monoisotopic (exact) mass is 466 g/mol. The van der Waals surface area contributed by atoms with Gasteiger partial charge in [-0.25, -0.2) is 8.78 Å². The molecule has 9 atom stereocenters. The highest BCUT2D eigenvalue weighted by Gasteiger charge is 2.75. The van der Waals surface area contributed by atoms with E-state index in [1.807, 2.05) is 19.9 Å². The first-order valence-electron chi connectivity index (χ1n) is 12.4. The highest BCUT2D eigenvalue weighted by Crippen LogP contribution is 2.71. The number of ether oxygens (including phenoxy) is 1. The Bertz CT molecular complexity index is 878. The van der Waals surface area contributed by atoms with Gasteiger partial charge in [-0.2, -0.15) is 0 Å². The van der Waals surface area contributed by atoms with Crippen molar-refractivity contribution in [3.8, 4) is 0 Å². The predicted octanol–water partition coefficient (Wildman–Crippen LogP) is 5.08. The van der Waals surface area contributed by atoms with Crippen molar-refractivity contribution in [2.75, 3.05) is 6.61 Å². The number of hydrogen-bond acceptors (Lipinski definition) is 4. The smallest absolute Gasteiger partial charge is 0.311 e. The molecule has 0 aromatic rings. The molecule has 3 fully saturated rings. The zero-order valence-electron chi connectivity index (χ0n) is 20.8. The summed E-state index contributed by atoms with van der Waals surface area (Å²) in [6, 6.07) is 0. The van der Waals surface area contributed by atoms with E-state index in [-0.39, 0.29) is 43.7 Å². The van der Waals surface area contributed by atoms with Crippen LogP contribution in [0.5, 0.6) is 0 Å². The van der Waals surface area contributed by atoms with Gasteiger partial charge < -0.3 is 14.9 Å². The number of aliphatic hydroxyl groups is 2. The van der Waals surface area contributed by atoms with Gasteiger partial charge in [0, 0.05) is 23.2 Å². The van der Waals surface area contributed by atoms with E-state index >= 15 is 8.78 Å². The van der Waals surface area contributed by atoms with Gasteiger partial charge in [0.15, 0.2) is 5.67 Å². The topological polar surface area (TPSA) is 66.8 Å². The summed E-state index contributed by atoms with van der Waals surface area (Å²) in [6.45, 7) is 10.9. The molecule has 0 spiro atoms. The van der Waals surface area contributed by atoms with Crippen LogP contribution in [0.2, 0.25) is 0 Å². The zero-order valence-corrected chi connectivity index (χ0v) is 20.8. The minimum absolute atomic E-state index is 0.0187. The number of aliphatic hydroxyl groups excluding tert-OH is 1. The van der Waals surface area contributed by atoms with Crippen LogP contribution in [-0.4, -0.2) is 46.3 Å². The Morgan fingerprint density at radius 1 is 1.24 bits per heavy atom. The summed E-state index contributed by atoms with van der Waals surface area (Å²) in [4.78, 5) is 12.2. The Morgan fingerprint density at radius 2 is 1.91 bits per heavy atom. The second-order valence-corrected chi connectivity index (χ2v) is 12.5. The fourth-order valence-corrected chi connectivity index (χ4v) is 7.82. The molecule has 0 saturated heterocycles. The van der Waals surface area contributed by atoms with Crippen LogP contribution < -0.4 is 0 Å². The standard InChI is InChI=1S/C27H40F2O4/c1-16-13-18-19-14-20(28)17-9-7-8-10-24(17,5)27(19,29)21(30)15-25(18,6)26(16,32)11-12-33-22(31)23(2,3)4/h8-10,16,18-21,30,32H,7,11-15H2,1-6H3/t16-,18+,19+,20+,21+,24+,25+,26-,27+/m1/s1. The normalized spacial score (nSPS) is 49.0. The van der Waals surface area contributed by atoms with Crippen molar-refractivity contribution in [3.05, 3.63) is 23.8 Å². The maximum atomic E-state index is 17.1. The highest BCUT2D eigenvalue weighted by atomic mass is 19.1. The van der Waals surface area contributed by atoms with Crippen molar-refractivity contribution in [2.45, 2.75) is 97.2 Å². The van der Waals surface area contributed by atoms with Gasteiger partial charge in [-0.3, -0.25) is 4.79 Å². The average molecular weight is 467 g/mol. The van der Waals surface area contributed by atoms with Gasteiger partial charge in [0.05, 0.1) is 23.7 Å². The van der Waals surface area contributed by atoms with Crippen molar-refractivity contribution in [2.24, 2.45) is 34.0 Å². The molecule has 4 nitrogen and oxygen atoms in total. The average Bonchev–Trinajstić information content (AvgIpc) is 2.90. The number of carbonyl (C=O) groups excluding carboxylic acids is 1. The van der Waals surface area contributed by atoms with Crippen LogP contribution >= 0.6 is 0 Å².